The number of hydrogen-bond acceptors (Lipinski definition) is 6. The van der Waals surface area contributed by atoms with Crippen molar-refractivity contribution >= 4 is 17.4 Å². The third-order valence-electron chi connectivity index (χ3n) is 3.19. The van der Waals surface area contributed by atoms with Crippen LogP contribution in [0.5, 0.6) is 6.01 Å². The highest BCUT2D eigenvalue weighted by atomic mass is 35.5. The maximum Gasteiger partial charge on any atom is 0.451 e. The third kappa shape index (κ3) is 2.54. The monoisotopic (exact) mass is 334 g/mol. The van der Waals surface area contributed by atoms with E-state index in [1.165, 1.54) is 13.3 Å². The van der Waals surface area contributed by atoms with Crippen molar-refractivity contribution in [2.45, 2.75) is 19.3 Å². The minimum atomic E-state index is -4.52. The van der Waals surface area contributed by atoms with Crippen molar-refractivity contribution in [3.8, 4) is 6.01 Å². The third-order valence-corrected chi connectivity index (χ3v) is 3.46. The zero-order valence-corrected chi connectivity index (χ0v) is 12.1. The maximum absolute atomic E-state index is 12.8. The average molecular weight is 335 g/mol. The topological polar surface area (TPSA) is 69.0 Å². The van der Waals surface area contributed by atoms with Crippen LogP contribution in [-0.2, 0) is 19.3 Å². The van der Waals surface area contributed by atoms with Crippen LogP contribution in [0.15, 0.2) is 6.20 Å². The number of aromatic nitrogens is 5. The molecule has 0 N–H and O–H groups in total. The summed E-state index contributed by atoms with van der Waals surface area (Å²) in [4.78, 5) is 9.69. The molecule has 118 valence electrons. The van der Waals surface area contributed by atoms with Crippen LogP contribution >= 0.6 is 11.6 Å². The number of alkyl halides is 3. The molecule has 0 aromatic carbocycles. The fraction of sp³-hybridized carbons (Fsp3) is 0.455. The Hall–Kier alpha value is -2.10. The fourth-order valence-corrected chi connectivity index (χ4v) is 2.42. The Labute approximate surface area is 127 Å². The van der Waals surface area contributed by atoms with E-state index in [1.54, 1.807) is 4.90 Å². The molecule has 2 aromatic rings. The van der Waals surface area contributed by atoms with E-state index >= 15 is 0 Å². The molecule has 3 rings (SSSR count). The van der Waals surface area contributed by atoms with E-state index in [-0.39, 0.29) is 36.5 Å². The van der Waals surface area contributed by atoms with E-state index in [4.69, 9.17) is 16.3 Å². The molecule has 0 saturated carbocycles. The van der Waals surface area contributed by atoms with Crippen LogP contribution in [-0.4, -0.2) is 38.4 Å². The van der Waals surface area contributed by atoms with E-state index < -0.39 is 12.0 Å². The molecule has 0 radical (unpaired) electrons. The smallest absolute Gasteiger partial charge is 0.451 e. The first-order valence-electron chi connectivity index (χ1n) is 6.21. The molecule has 7 nitrogen and oxygen atoms in total. The Morgan fingerprint density at radius 3 is 2.73 bits per heavy atom. The summed E-state index contributed by atoms with van der Waals surface area (Å²) < 4.78 is 44.4. The highest BCUT2D eigenvalue weighted by Crippen LogP contribution is 2.31. The van der Waals surface area contributed by atoms with Crippen LogP contribution in [0, 0.1) is 0 Å². The molecular formula is C11H10ClF3N6O. The standard InChI is InChI=1S/C11H10ClF3N6O/c1-22-10-16-4-6(12)8(17-10)20-2-3-21-7(5-20)18-19-9(21)11(13,14)15/h4H,2-3,5H2,1H3. The first-order chi connectivity index (χ1) is 10.4. The lowest BCUT2D eigenvalue weighted by Gasteiger charge is -2.29. The molecule has 0 unspecified atom stereocenters. The van der Waals surface area contributed by atoms with Crippen molar-refractivity contribution in [2.24, 2.45) is 0 Å². The summed E-state index contributed by atoms with van der Waals surface area (Å²) in [6.45, 7) is 0.483. The highest BCUT2D eigenvalue weighted by molar-refractivity contribution is 6.32. The average Bonchev–Trinajstić information content (AvgIpc) is 2.90. The first kappa shape index (κ1) is 14.8. The van der Waals surface area contributed by atoms with Gasteiger partial charge in [-0.2, -0.15) is 18.2 Å². The SMILES string of the molecule is COc1ncc(Cl)c(N2CCn3c(nnc3C(F)(F)F)C2)n1. The lowest BCUT2D eigenvalue weighted by atomic mass is 10.3. The predicted octanol–water partition coefficient (Wildman–Crippen LogP) is 1.77. The number of rotatable bonds is 2. The van der Waals surface area contributed by atoms with Crippen molar-refractivity contribution in [3.05, 3.63) is 22.9 Å². The van der Waals surface area contributed by atoms with Crippen molar-refractivity contribution in [1.29, 1.82) is 0 Å². The normalized spacial score (nSPS) is 14.9. The Morgan fingerprint density at radius 1 is 1.27 bits per heavy atom. The van der Waals surface area contributed by atoms with Gasteiger partial charge in [0.1, 0.15) is 5.02 Å². The fourth-order valence-electron chi connectivity index (χ4n) is 2.21. The van der Waals surface area contributed by atoms with E-state index in [0.717, 1.165) is 4.57 Å². The largest absolute Gasteiger partial charge is 0.467 e. The molecular weight excluding hydrogens is 325 g/mol. The molecule has 11 heteroatoms. The van der Waals surface area contributed by atoms with Gasteiger partial charge >= 0.3 is 12.2 Å². The number of methoxy groups -OCH3 is 1. The van der Waals surface area contributed by atoms with Gasteiger partial charge in [-0.25, -0.2) is 4.98 Å². The number of fused-ring (bicyclic) bond motifs is 1. The molecule has 0 bridgehead atoms. The first-order valence-corrected chi connectivity index (χ1v) is 6.58. The second-order valence-electron chi connectivity index (χ2n) is 4.54. The van der Waals surface area contributed by atoms with Crippen LogP contribution in [0.2, 0.25) is 5.02 Å². The van der Waals surface area contributed by atoms with Gasteiger partial charge in [-0.1, -0.05) is 11.6 Å². The van der Waals surface area contributed by atoms with E-state index in [9.17, 15) is 13.2 Å². The zero-order chi connectivity index (χ0) is 15.9. The zero-order valence-electron chi connectivity index (χ0n) is 11.3. The number of halogens is 4. The molecule has 1 aliphatic rings. The summed E-state index contributed by atoms with van der Waals surface area (Å²) in [5.41, 5.74) is 0. The van der Waals surface area contributed by atoms with Crippen molar-refractivity contribution in [2.75, 3.05) is 18.6 Å². The lowest BCUT2D eigenvalue weighted by Crippen LogP contribution is -2.36. The number of anilines is 1. The summed E-state index contributed by atoms with van der Waals surface area (Å²) in [5, 5.41) is 7.11. The van der Waals surface area contributed by atoms with Gasteiger partial charge in [-0.15, -0.1) is 10.2 Å². The second-order valence-corrected chi connectivity index (χ2v) is 4.95. The van der Waals surface area contributed by atoms with Gasteiger partial charge in [0, 0.05) is 13.1 Å². The highest BCUT2D eigenvalue weighted by Gasteiger charge is 2.39. The van der Waals surface area contributed by atoms with Crippen molar-refractivity contribution in [3.63, 3.8) is 0 Å². The molecule has 0 atom stereocenters. The molecule has 0 fully saturated rings. The molecule has 22 heavy (non-hydrogen) atoms. The molecule has 2 aromatic heterocycles. The number of ether oxygens (including phenoxy) is 1. The Balaban J connectivity index is 1.91. The Kier molecular flexibility index (Phi) is 3.55. The maximum atomic E-state index is 12.8. The van der Waals surface area contributed by atoms with E-state index in [2.05, 4.69) is 20.2 Å². The summed E-state index contributed by atoms with van der Waals surface area (Å²) in [7, 11) is 1.41. The summed E-state index contributed by atoms with van der Waals surface area (Å²) >= 11 is 6.05. The van der Waals surface area contributed by atoms with Crippen LogP contribution in [0.3, 0.4) is 0 Å². The second kappa shape index (κ2) is 5.27. The minimum Gasteiger partial charge on any atom is -0.467 e. The molecule has 0 aliphatic carbocycles. The lowest BCUT2D eigenvalue weighted by molar-refractivity contribution is -0.147. The predicted molar refractivity (Wildman–Crippen MR) is 69.7 cm³/mol. The summed E-state index contributed by atoms with van der Waals surface area (Å²) in [6.07, 6.45) is -3.15. The van der Waals surface area contributed by atoms with Crippen molar-refractivity contribution < 1.29 is 17.9 Å². The molecule has 1 aliphatic heterocycles. The summed E-state index contributed by atoms with van der Waals surface area (Å²) in [5.74, 6) is -0.405. The van der Waals surface area contributed by atoms with Gasteiger partial charge in [0.05, 0.1) is 19.9 Å². The Bertz CT molecular complexity index is 704. The van der Waals surface area contributed by atoms with E-state index in [1.807, 2.05) is 0 Å². The van der Waals surface area contributed by atoms with Gasteiger partial charge in [0.15, 0.2) is 11.6 Å². The molecule has 0 saturated heterocycles. The molecule has 0 amide bonds. The van der Waals surface area contributed by atoms with Crippen molar-refractivity contribution in [1.82, 2.24) is 24.7 Å². The van der Waals surface area contributed by atoms with Gasteiger partial charge in [0.25, 0.3) is 0 Å². The van der Waals surface area contributed by atoms with Gasteiger partial charge in [-0.3, -0.25) is 0 Å². The van der Waals surface area contributed by atoms with Crippen LogP contribution in [0.4, 0.5) is 19.0 Å². The van der Waals surface area contributed by atoms with Crippen LogP contribution in [0.1, 0.15) is 11.6 Å². The quantitative estimate of drug-likeness (QED) is 0.833. The van der Waals surface area contributed by atoms with Crippen LogP contribution in [0.25, 0.3) is 0 Å². The number of nitrogens with zero attached hydrogens (tertiary/aromatic N) is 6. The van der Waals surface area contributed by atoms with Gasteiger partial charge < -0.3 is 14.2 Å². The minimum absolute atomic E-state index is 0.0832. The number of hydrogen-bond donors (Lipinski definition) is 0. The summed E-state index contributed by atoms with van der Waals surface area (Å²) in [6, 6.07) is 0.127. The molecule has 0 spiro atoms. The van der Waals surface area contributed by atoms with Gasteiger partial charge in [-0.05, 0) is 0 Å². The van der Waals surface area contributed by atoms with Gasteiger partial charge in [0.2, 0.25) is 5.82 Å². The molecule has 3 heterocycles. The van der Waals surface area contributed by atoms with Crippen LogP contribution < -0.4 is 9.64 Å². The Morgan fingerprint density at radius 2 is 2.05 bits per heavy atom. The van der Waals surface area contributed by atoms with E-state index in [0.29, 0.717) is 5.82 Å².